The Morgan fingerprint density at radius 1 is 1.35 bits per heavy atom. The predicted molar refractivity (Wildman–Crippen MR) is 71.2 cm³/mol. The average molecular weight is 343 g/mol. The van der Waals surface area contributed by atoms with Crippen LogP contribution in [0.4, 0.5) is 0 Å². The highest BCUT2D eigenvalue weighted by molar-refractivity contribution is 9.10. The molecule has 7 nitrogen and oxygen atoms in total. The Hall–Kier alpha value is -1.83. The van der Waals surface area contributed by atoms with Crippen LogP contribution in [0.25, 0.3) is 0 Å². The second-order valence-corrected chi connectivity index (χ2v) is 5.52. The molecule has 20 heavy (non-hydrogen) atoms. The van der Waals surface area contributed by atoms with Crippen molar-refractivity contribution in [3.8, 4) is 11.5 Å². The highest BCUT2D eigenvalue weighted by atomic mass is 79.9. The molecule has 0 unspecified atom stereocenters. The molecule has 1 N–H and O–H groups in total. The Morgan fingerprint density at radius 2 is 2.05 bits per heavy atom. The summed E-state index contributed by atoms with van der Waals surface area (Å²) in [6, 6.07) is 1.87. The molecule has 0 aliphatic carbocycles. The van der Waals surface area contributed by atoms with Crippen molar-refractivity contribution < 1.29 is 19.2 Å². The van der Waals surface area contributed by atoms with Gasteiger partial charge in [0.05, 0.1) is 0 Å². The zero-order valence-corrected chi connectivity index (χ0v) is 11.9. The van der Waals surface area contributed by atoms with E-state index in [-0.39, 0.29) is 30.5 Å². The zero-order chi connectivity index (χ0) is 14.3. The van der Waals surface area contributed by atoms with Crippen LogP contribution >= 0.6 is 15.9 Å². The van der Waals surface area contributed by atoms with Crippen LogP contribution in [0, 0.1) is 10.1 Å². The molecule has 0 bridgehead atoms. The molecule has 8 heteroatoms. The third kappa shape index (κ3) is 2.20. The second kappa shape index (κ2) is 4.93. The fourth-order valence-corrected chi connectivity index (χ4v) is 3.04. The summed E-state index contributed by atoms with van der Waals surface area (Å²) in [6.45, 7) is 0.126. The van der Waals surface area contributed by atoms with Crippen LogP contribution < -0.4 is 14.8 Å². The Morgan fingerprint density at radius 3 is 2.75 bits per heavy atom. The summed E-state index contributed by atoms with van der Waals surface area (Å²) in [5, 5.41) is 13.9. The lowest BCUT2D eigenvalue weighted by Crippen LogP contribution is -2.45. The molecule has 0 radical (unpaired) electrons. The van der Waals surface area contributed by atoms with Gasteiger partial charge in [-0.25, -0.2) is 0 Å². The number of nitrogens with one attached hydrogen (secondary N) is 1. The molecule has 2 heterocycles. The van der Waals surface area contributed by atoms with Crippen molar-refractivity contribution in [2.24, 2.45) is 0 Å². The number of nitro groups is 1. The van der Waals surface area contributed by atoms with Gasteiger partial charge in [0.25, 0.3) is 0 Å². The molecule has 1 aromatic carbocycles. The van der Waals surface area contributed by atoms with Crippen LogP contribution in [0.15, 0.2) is 16.6 Å². The SMILES string of the molecule is O=C1CC[C@@H]([N+](=O)[O-])[C@H](c2cc3c(cc2Br)OCO3)N1. The number of amides is 1. The van der Waals surface area contributed by atoms with Crippen molar-refractivity contribution in [3.05, 3.63) is 32.3 Å². The van der Waals surface area contributed by atoms with Gasteiger partial charge in [0, 0.05) is 22.2 Å². The van der Waals surface area contributed by atoms with E-state index in [1.54, 1.807) is 12.1 Å². The molecule has 0 saturated carbocycles. The number of benzene rings is 1. The fourth-order valence-electron chi connectivity index (χ4n) is 2.47. The number of carbonyl (C=O) groups is 1. The average Bonchev–Trinajstić information content (AvgIpc) is 2.84. The van der Waals surface area contributed by atoms with Crippen LogP contribution in [-0.2, 0) is 4.79 Å². The van der Waals surface area contributed by atoms with Gasteiger partial charge >= 0.3 is 0 Å². The number of halogens is 1. The molecule has 1 fully saturated rings. The standard InChI is InChI=1S/C12H11BrN2O5/c13-7-4-10-9(19-5-20-10)3-6(7)12-8(15(17)18)1-2-11(16)14-12/h3-4,8,12H,1-2,5H2,(H,14,16)/t8-,12+/m1/s1. The van der Waals surface area contributed by atoms with Gasteiger partial charge in [-0.15, -0.1) is 0 Å². The predicted octanol–water partition coefficient (Wildman–Crippen LogP) is 1.77. The molecule has 1 amide bonds. The largest absolute Gasteiger partial charge is 0.454 e. The van der Waals surface area contributed by atoms with Gasteiger partial charge in [-0.3, -0.25) is 14.9 Å². The van der Waals surface area contributed by atoms with E-state index < -0.39 is 12.1 Å². The van der Waals surface area contributed by atoms with Gasteiger partial charge < -0.3 is 14.8 Å². The van der Waals surface area contributed by atoms with Crippen molar-refractivity contribution in [2.75, 3.05) is 6.79 Å². The summed E-state index contributed by atoms with van der Waals surface area (Å²) in [5.41, 5.74) is 0.629. The number of piperidine rings is 1. The molecule has 0 spiro atoms. The number of hydrogen-bond donors (Lipinski definition) is 1. The van der Waals surface area contributed by atoms with Crippen LogP contribution in [0.1, 0.15) is 24.4 Å². The second-order valence-electron chi connectivity index (χ2n) is 4.66. The number of fused-ring (bicyclic) bond motifs is 1. The first-order chi connectivity index (χ1) is 9.56. The summed E-state index contributed by atoms with van der Waals surface area (Å²) >= 11 is 3.37. The fraction of sp³-hybridized carbons (Fsp3) is 0.417. The van der Waals surface area contributed by atoms with Crippen LogP contribution in [-0.4, -0.2) is 23.7 Å². The molecule has 0 aromatic heterocycles. The number of ether oxygens (including phenoxy) is 2. The molecule has 1 saturated heterocycles. The maximum Gasteiger partial charge on any atom is 0.237 e. The summed E-state index contributed by atoms with van der Waals surface area (Å²) in [5.74, 6) is 0.934. The minimum absolute atomic E-state index is 0.126. The molecule has 106 valence electrons. The molecule has 2 aliphatic rings. The van der Waals surface area contributed by atoms with Gasteiger partial charge in [0.2, 0.25) is 18.7 Å². The minimum Gasteiger partial charge on any atom is -0.454 e. The molecular formula is C12H11BrN2O5. The van der Waals surface area contributed by atoms with Gasteiger partial charge in [0.1, 0.15) is 6.04 Å². The molecule has 3 rings (SSSR count). The lowest BCUT2D eigenvalue weighted by atomic mass is 9.92. The van der Waals surface area contributed by atoms with E-state index in [0.29, 0.717) is 21.5 Å². The van der Waals surface area contributed by atoms with E-state index in [9.17, 15) is 14.9 Å². The van der Waals surface area contributed by atoms with Gasteiger partial charge in [-0.2, -0.15) is 0 Å². The zero-order valence-electron chi connectivity index (χ0n) is 10.3. The molecule has 2 aliphatic heterocycles. The number of nitrogens with zero attached hydrogens (tertiary/aromatic N) is 1. The number of hydrogen-bond acceptors (Lipinski definition) is 5. The van der Waals surface area contributed by atoms with E-state index in [0.717, 1.165) is 0 Å². The van der Waals surface area contributed by atoms with Gasteiger partial charge in [-0.05, 0) is 17.7 Å². The first kappa shape index (κ1) is 13.2. The van der Waals surface area contributed by atoms with Crippen molar-refractivity contribution in [1.82, 2.24) is 5.32 Å². The Bertz CT molecular complexity index is 591. The smallest absolute Gasteiger partial charge is 0.237 e. The lowest BCUT2D eigenvalue weighted by Gasteiger charge is -2.27. The van der Waals surface area contributed by atoms with Crippen molar-refractivity contribution in [3.63, 3.8) is 0 Å². The van der Waals surface area contributed by atoms with E-state index in [1.807, 2.05) is 0 Å². The van der Waals surface area contributed by atoms with Crippen molar-refractivity contribution in [1.29, 1.82) is 0 Å². The normalized spacial score (nSPS) is 24.4. The molecular weight excluding hydrogens is 332 g/mol. The highest BCUT2D eigenvalue weighted by Crippen LogP contribution is 2.41. The van der Waals surface area contributed by atoms with E-state index in [2.05, 4.69) is 21.2 Å². The summed E-state index contributed by atoms with van der Waals surface area (Å²) < 4.78 is 11.2. The van der Waals surface area contributed by atoms with Crippen LogP contribution in [0.3, 0.4) is 0 Å². The monoisotopic (exact) mass is 342 g/mol. The highest BCUT2D eigenvalue weighted by Gasteiger charge is 2.39. The Labute approximate surface area is 122 Å². The summed E-state index contributed by atoms with van der Waals surface area (Å²) in [4.78, 5) is 22.4. The van der Waals surface area contributed by atoms with E-state index >= 15 is 0 Å². The quantitative estimate of drug-likeness (QED) is 0.653. The van der Waals surface area contributed by atoms with E-state index in [4.69, 9.17) is 9.47 Å². The first-order valence-corrected chi connectivity index (χ1v) is 6.87. The van der Waals surface area contributed by atoms with Gasteiger partial charge in [0.15, 0.2) is 11.5 Å². The Balaban J connectivity index is 2.01. The Kier molecular flexibility index (Phi) is 3.25. The van der Waals surface area contributed by atoms with E-state index in [1.165, 1.54) is 0 Å². The van der Waals surface area contributed by atoms with Gasteiger partial charge in [-0.1, -0.05) is 15.9 Å². The lowest BCUT2D eigenvalue weighted by molar-refractivity contribution is -0.529. The minimum atomic E-state index is -0.843. The maximum absolute atomic E-state index is 11.6. The number of carbonyl (C=O) groups excluding carboxylic acids is 1. The molecule has 1 aromatic rings. The van der Waals surface area contributed by atoms with Crippen LogP contribution in [0.2, 0.25) is 0 Å². The van der Waals surface area contributed by atoms with Crippen molar-refractivity contribution in [2.45, 2.75) is 24.9 Å². The molecule has 2 atom stereocenters. The third-order valence-corrected chi connectivity index (χ3v) is 4.15. The third-order valence-electron chi connectivity index (χ3n) is 3.47. The first-order valence-electron chi connectivity index (χ1n) is 6.08. The number of rotatable bonds is 2. The topological polar surface area (TPSA) is 90.7 Å². The summed E-state index contributed by atoms with van der Waals surface area (Å²) in [7, 11) is 0. The van der Waals surface area contributed by atoms with Crippen molar-refractivity contribution >= 4 is 21.8 Å². The maximum atomic E-state index is 11.6. The summed E-state index contributed by atoms with van der Waals surface area (Å²) in [6.07, 6.45) is 0.398. The van der Waals surface area contributed by atoms with Crippen LogP contribution in [0.5, 0.6) is 11.5 Å².